The number of aromatic nitrogens is 1. The number of hydrogen-bond donors (Lipinski definition) is 2. The first-order chi connectivity index (χ1) is 15.5. The van der Waals surface area contributed by atoms with Gasteiger partial charge in [0.2, 0.25) is 5.91 Å². The Morgan fingerprint density at radius 3 is 2.47 bits per heavy atom. The van der Waals surface area contributed by atoms with Gasteiger partial charge in [0.15, 0.2) is 0 Å². The van der Waals surface area contributed by atoms with E-state index >= 15 is 0 Å². The van der Waals surface area contributed by atoms with Gasteiger partial charge in [-0.25, -0.2) is 13.2 Å². The Morgan fingerprint density at radius 1 is 1.03 bits per heavy atom. The molecule has 2 fully saturated rings. The molecule has 0 atom stereocenters. The predicted molar refractivity (Wildman–Crippen MR) is 116 cm³/mol. The summed E-state index contributed by atoms with van der Waals surface area (Å²) in [6.45, 7) is 1.42. The Morgan fingerprint density at radius 2 is 1.75 bits per heavy atom. The fraction of sp³-hybridized carbons (Fsp3) is 0.400. The quantitative estimate of drug-likeness (QED) is 0.554. The largest absolute Gasteiger partial charge is 0.381 e. The molecule has 1 amide bonds. The predicted octanol–water partition coefficient (Wildman–Crippen LogP) is 5.43. The molecule has 2 aromatic carbocycles. The first-order valence-corrected chi connectivity index (χ1v) is 11.1. The molecule has 2 aliphatic rings. The zero-order valence-electron chi connectivity index (χ0n) is 17.6. The van der Waals surface area contributed by atoms with E-state index in [1.165, 1.54) is 18.2 Å². The Hall–Kier alpha value is -2.80. The Balaban J connectivity index is 1.36. The summed E-state index contributed by atoms with van der Waals surface area (Å²) >= 11 is 0. The van der Waals surface area contributed by atoms with Gasteiger partial charge in [-0.05, 0) is 79.0 Å². The van der Waals surface area contributed by atoms with Gasteiger partial charge in [-0.3, -0.25) is 4.79 Å². The fourth-order valence-electron chi connectivity index (χ4n) is 4.98. The normalized spacial score (nSPS) is 21.5. The maximum Gasteiger partial charge on any atom is 0.220 e. The molecule has 5 rings (SSSR count). The summed E-state index contributed by atoms with van der Waals surface area (Å²) in [7, 11) is 0. The summed E-state index contributed by atoms with van der Waals surface area (Å²) in [5.41, 5.74) is 2.44. The lowest BCUT2D eigenvalue weighted by Gasteiger charge is -2.37. The number of halogens is 3. The lowest BCUT2D eigenvalue weighted by Crippen LogP contribution is -2.44. The SMILES string of the molecule is O=C(CC1CCOCC1)N[C@H]1C[C@@H](c2c(-c3ccc(F)cc3)[nH]c3c(F)cc(F)cc32)C1. The number of rotatable bonds is 5. The molecule has 0 bridgehead atoms. The molecule has 0 spiro atoms. The van der Waals surface area contributed by atoms with Gasteiger partial charge in [-0.1, -0.05) is 0 Å². The maximum absolute atomic E-state index is 14.5. The van der Waals surface area contributed by atoms with Crippen LogP contribution in [-0.4, -0.2) is 30.1 Å². The van der Waals surface area contributed by atoms with E-state index in [4.69, 9.17) is 4.74 Å². The lowest BCUT2D eigenvalue weighted by molar-refractivity contribution is -0.124. The maximum atomic E-state index is 14.5. The van der Waals surface area contributed by atoms with Gasteiger partial charge in [0.05, 0.1) is 11.2 Å². The van der Waals surface area contributed by atoms with Crippen molar-refractivity contribution in [1.82, 2.24) is 10.3 Å². The van der Waals surface area contributed by atoms with Crippen LogP contribution in [0.5, 0.6) is 0 Å². The Kier molecular flexibility index (Phi) is 5.67. The number of carbonyl (C=O) groups excluding carboxylic acids is 1. The third-order valence-corrected chi connectivity index (χ3v) is 6.72. The van der Waals surface area contributed by atoms with Crippen LogP contribution in [0.25, 0.3) is 22.2 Å². The van der Waals surface area contributed by atoms with Crippen LogP contribution in [-0.2, 0) is 9.53 Å². The molecule has 32 heavy (non-hydrogen) atoms. The number of H-pyrrole nitrogens is 1. The number of fused-ring (bicyclic) bond motifs is 1. The van der Waals surface area contributed by atoms with Crippen molar-refractivity contribution in [3.63, 3.8) is 0 Å². The summed E-state index contributed by atoms with van der Waals surface area (Å²) in [6, 6.07) is 8.19. The van der Waals surface area contributed by atoms with E-state index in [0.29, 0.717) is 55.0 Å². The summed E-state index contributed by atoms with van der Waals surface area (Å²) < 4.78 is 47.3. The van der Waals surface area contributed by atoms with Gasteiger partial charge in [-0.2, -0.15) is 0 Å². The minimum absolute atomic E-state index is 0.0387. The van der Waals surface area contributed by atoms with Crippen LogP contribution >= 0.6 is 0 Å². The third kappa shape index (κ3) is 4.13. The Bertz CT molecular complexity index is 1130. The molecule has 0 radical (unpaired) electrons. The van der Waals surface area contributed by atoms with Crippen molar-refractivity contribution in [1.29, 1.82) is 0 Å². The van der Waals surface area contributed by atoms with Gasteiger partial charge in [0.1, 0.15) is 17.5 Å². The number of ether oxygens (including phenoxy) is 1. The molecule has 1 aliphatic heterocycles. The first-order valence-electron chi connectivity index (χ1n) is 11.1. The van der Waals surface area contributed by atoms with Crippen molar-refractivity contribution < 1.29 is 22.7 Å². The number of benzene rings is 2. The van der Waals surface area contributed by atoms with Gasteiger partial charge in [0.25, 0.3) is 0 Å². The zero-order chi connectivity index (χ0) is 22.2. The summed E-state index contributed by atoms with van der Waals surface area (Å²) in [5.74, 6) is -1.20. The van der Waals surface area contributed by atoms with Gasteiger partial charge >= 0.3 is 0 Å². The second-order valence-electron chi connectivity index (χ2n) is 8.92. The molecule has 7 heteroatoms. The van der Waals surface area contributed by atoms with Crippen LogP contribution in [0.2, 0.25) is 0 Å². The van der Waals surface area contributed by atoms with E-state index < -0.39 is 11.6 Å². The molecule has 1 aromatic heterocycles. The van der Waals surface area contributed by atoms with Crippen LogP contribution < -0.4 is 5.32 Å². The molecular formula is C25H25F3N2O2. The Labute approximate surface area is 184 Å². The highest BCUT2D eigenvalue weighted by atomic mass is 19.1. The van der Waals surface area contributed by atoms with E-state index in [1.54, 1.807) is 12.1 Å². The highest BCUT2D eigenvalue weighted by Crippen LogP contribution is 2.45. The molecule has 4 nitrogen and oxygen atoms in total. The smallest absolute Gasteiger partial charge is 0.220 e. The van der Waals surface area contributed by atoms with Crippen LogP contribution in [0.3, 0.4) is 0 Å². The highest BCUT2D eigenvalue weighted by molar-refractivity contribution is 5.92. The van der Waals surface area contributed by atoms with Crippen LogP contribution in [0.1, 0.15) is 43.6 Å². The molecule has 2 N–H and O–H groups in total. The average Bonchev–Trinajstić information content (AvgIpc) is 3.11. The zero-order valence-corrected chi connectivity index (χ0v) is 17.6. The van der Waals surface area contributed by atoms with Gasteiger partial charge in [0, 0.05) is 37.1 Å². The summed E-state index contributed by atoms with van der Waals surface area (Å²) in [5, 5.41) is 3.60. The summed E-state index contributed by atoms with van der Waals surface area (Å²) in [4.78, 5) is 15.5. The van der Waals surface area contributed by atoms with E-state index in [1.807, 2.05) is 0 Å². The summed E-state index contributed by atoms with van der Waals surface area (Å²) in [6.07, 6.45) is 3.72. The number of carbonyl (C=O) groups is 1. The molecule has 3 aromatic rings. The van der Waals surface area contributed by atoms with Crippen molar-refractivity contribution in [3.05, 3.63) is 59.4 Å². The van der Waals surface area contributed by atoms with Gasteiger partial charge in [-0.15, -0.1) is 0 Å². The second-order valence-corrected chi connectivity index (χ2v) is 8.92. The molecule has 1 saturated heterocycles. The van der Waals surface area contributed by atoms with Crippen molar-refractivity contribution in [2.45, 2.75) is 44.1 Å². The molecule has 0 unspecified atom stereocenters. The molecule has 168 valence electrons. The first kappa shape index (κ1) is 21.1. The van der Waals surface area contributed by atoms with E-state index in [9.17, 15) is 18.0 Å². The minimum Gasteiger partial charge on any atom is -0.381 e. The van der Waals surface area contributed by atoms with Crippen LogP contribution in [0.15, 0.2) is 36.4 Å². The number of aromatic amines is 1. The van der Waals surface area contributed by atoms with Crippen LogP contribution in [0.4, 0.5) is 13.2 Å². The molecule has 1 aliphatic carbocycles. The van der Waals surface area contributed by atoms with Crippen molar-refractivity contribution in [3.8, 4) is 11.3 Å². The van der Waals surface area contributed by atoms with Crippen molar-refractivity contribution in [2.75, 3.05) is 13.2 Å². The lowest BCUT2D eigenvalue weighted by atomic mass is 9.74. The van der Waals surface area contributed by atoms with E-state index in [0.717, 1.165) is 24.5 Å². The second kappa shape index (κ2) is 8.62. The van der Waals surface area contributed by atoms with Crippen molar-refractivity contribution >= 4 is 16.8 Å². The van der Waals surface area contributed by atoms with E-state index in [2.05, 4.69) is 10.3 Å². The minimum atomic E-state index is -0.657. The number of nitrogens with one attached hydrogen (secondary N) is 2. The molecule has 1 saturated carbocycles. The molecule has 2 heterocycles. The average molecular weight is 442 g/mol. The van der Waals surface area contributed by atoms with Crippen molar-refractivity contribution in [2.24, 2.45) is 5.92 Å². The van der Waals surface area contributed by atoms with Gasteiger partial charge < -0.3 is 15.0 Å². The standard InChI is InChI=1S/C25H25F3N2O2/c26-17-3-1-15(2-4-17)24-23(20-12-18(27)13-21(28)25(20)30-24)16-10-19(11-16)29-22(31)9-14-5-7-32-8-6-14/h1-4,12-14,16,19,30H,5-11H2,(H,29,31)/t16-,19+. The van der Waals surface area contributed by atoms with Crippen LogP contribution in [0, 0.1) is 23.4 Å². The number of hydrogen-bond acceptors (Lipinski definition) is 2. The topological polar surface area (TPSA) is 54.1 Å². The molecular weight excluding hydrogens is 417 g/mol. The monoisotopic (exact) mass is 442 g/mol. The number of amides is 1. The fourth-order valence-corrected chi connectivity index (χ4v) is 4.98. The third-order valence-electron chi connectivity index (χ3n) is 6.72. The highest BCUT2D eigenvalue weighted by Gasteiger charge is 2.35. The van der Waals surface area contributed by atoms with E-state index in [-0.39, 0.29) is 29.2 Å².